The Morgan fingerprint density at radius 3 is 1.44 bits per heavy atom. The van der Waals surface area contributed by atoms with Crippen LogP contribution in [0.4, 0.5) is 0 Å². The maximum atomic E-state index is 12.1. The van der Waals surface area contributed by atoms with Crippen LogP contribution >= 0.6 is 0 Å². The Morgan fingerprint density at radius 2 is 1.15 bits per heavy atom. The normalized spacial score (nSPS) is 21.4. The molecular formula is C21H27NO4S. The standard InChI is InChI=1S/C21H27NO4S/c1-25-18-8-4-16(5-9-18)20-12-14-22(27(3,23)24)15-13-21(20)17-6-10-19(26-2)11-7-17/h4-11,20-21H,12-15H2,1-3H3/t20-,21+. The monoisotopic (exact) mass is 389 g/mol. The van der Waals surface area contributed by atoms with E-state index in [9.17, 15) is 8.42 Å². The van der Waals surface area contributed by atoms with Crippen molar-refractivity contribution in [3.05, 3.63) is 59.7 Å². The van der Waals surface area contributed by atoms with E-state index in [2.05, 4.69) is 24.3 Å². The first-order valence-electron chi connectivity index (χ1n) is 9.15. The Hall–Kier alpha value is -2.05. The molecule has 0 spiro atoms. The summed E-state index contributed by atoms with van der Waals surface area (Å²) in [5, 5.41) is 0. The van der Waals surface area contributed by atoms with E-state index in [-0.39, 0.29) is 11.8 Å². The second-order valence-corrected chi connectivity index (χ2v) is 8.98. The van der Waals surface area contributed by atoms with Crippen LogP contribution in [0.5, 0.6) is 11.5 Å². The number of nitrogens with zero attached hydrogens (tertiary/aromatic N) is 1. The largest absolute Gasteiger partial charge is 0.497 e. The lowest BCUT2D eigenvalue weighted by atomic mass is 9.78. The van der Waals surface area contributed by atoms with Crippen LogP contribution in [0, 0.1) is 0 Å². The fourth-order valence-corrected chi connectivity index (χ4v) is 4.79. The van der Waals surface area contributed by atoms with Crippen LogP contribution in [-0.2, 0) is 10.0 Å². The molecule has 0 unspecified atom stereocenters. The Bertz CT molecular complexity index is 789. The van der Waals surface area contributed by atoms with Crippen molar-refractivity contribution in [3.63, 3.8) is 0 Å². The number of benzene rings is 2. The maximum absolute atomic E-state index is 12.1. The molecule has 27 heavy (non-hydrogen) atoms. The minimum absolute atomic E-state index is 0.246. The summed E-state index contributed by atoms with van der Waals surface area (Å²) in [5.41, 5.74) is 2.43. The minimum atomic E-state index is -3.19. The molecular weight excluding hydrogens is 362 g/mol. The van der Waals surface area contributed by atoms with Crippen LogP contribution in [0.3, 0.4) is 0 Å². The molecule has 0 radical (unpaired) electrons. The lowest BCUT2D eigenvalue weighted by Gasteiger charge is -2.26. The third kappa shape index (κ3) is 4.62. The molecule has 0 bridgehead atoms. The molecule has 2 atom stereocenters. The van der Waals surface area contributed by atoms with Crippen molar-refractivity contribution in [2.24, 2.45) is 0 Å². The van der Waals surface area contributed by atoms with Crippen LogP contribution in [0.15, 0.2) is 48.5 Å². The third-order valence-electron chi connectivity index (χ3n) is 5.42. The van der Waals surface area contributed by atoms with Crippen molar-refractivity contribution < 1.29 is 17.9 Å². The fraction of sp³-hybridized carbons (Fsp3) is 0.429. The lowest BCUT2D eigenvalue weighted by molar-refractivity contribution is 0.413. The van der Waals surface area contributed by atoms with Crippen LogP contribution in [0.1, 0.15) is 35.8 Å². The fourth-order valence-electron chi connectivity index (χ4n) is 3.91. The van der Waals surface area contributed by atoms with Crippen molar-refractivity contribution >= 4 is 10.0 Å². The summed E-state index contributed by atoms with van der Waals surface area (Å²) in [6, 6.07) is 16.3. The van der Waals surface area contributed by atoms with Gasteiger partial charge in [0.15, 0.2) is 0 Å². The minimum Gasteiger partial charge on any atom is -0.497 e. The average Bonchev–Trinajstić information content (AvgIpc) is 2.91. The lowest BCUT2D eigenvalue weighted by Crippen LogP contribution is -2.30. The van der Waals surface area contributed by atoms with Gasteiger partial charge in [0.2, 0.25) is 10.0 Å². The van der Waals surface area contributed by atoms with E-state index in [1.165, 1.54) is 17.4 Å². The third-order valence-corrected chi connectivity index (χ3v) is 6.72. The number of hydrogen-bond acceptors (Lipinski definition) is 4. The van der Waals surface area contributed by atoms with Gasteiger partial charge in [-0.2, -0.15) is 0 Å². The van der Waals surface area contributed by atoms with E-state index in [1.54, 1.807) is 18.5 Å². The molecule has 0 saturated carbocycles. The molecule has 1 heterocycles. The predicted octanol–water partition coefficient (Wildman–Crippen LogP) is 3.63. The highest BCUT2D eigenvalue weighted by molar-refractivity contribution is 7.88. The zero-order valence-electron chi connectivity index (χ0n) is 16.1. The summed E-state index contributed by atoms with van der Waals surface area (Å²) in [7, 11) is 0.127. The molecule has 1 saturated heterocycles. The van der Waals surface area contributed by atoms with Crippen molar-refractivity contribution in [2.75, 3.05) is 33.6 Å². The average molecular weight is 390 g/mol. The molecule has 0 aromatic heterocycles. The van der Waals surface area contributed by atoms with Gasteiger partial charge in [-0.3, -0.25) is 0 Å². The maximum Gasteiger partial charge on any atom is 0.211 e. The number of sulfonamides is 1. The smallest absolute Gasteiger partial charge is 0.211 e. The van der Waals surface area contributed by atoms with E-state index in [1.807, 2.05) is 24.3 Å². The number of rotatable bonds is 5. The van der Waals surface area contributed by atoms with Crippen LogP contribution < -0.4 is 9.47 Å². The number of methoxy groups -OCH3 is 2. The first-order valence-corrected chi connectivity index (χ1v) is 11.0. The first-order chi connectivity index (χ1) is 12.9. The van der Waals surface area contributed by atoms with Gasteiger partial charge in [-0.15, -0.1) is 0 Å². The summed E-state index contributed by atoms with van der Waals surface area (Å²) < 4.78 is 36.3. The molecule has 0 N–H and O–H groups in total. The Morgan fingerprint density at radius 1 is 0.778 bits per heavy atom. The second kappa shape index (κ2) is 8.31. The van der Waals surface area contributed by atoms with Gasteiger partial charge in [-0.25, -0.2) is 12.7 Å². The van der Waals surface area contributed by atoms with E-state index < -0.39 is 10.0 Å². The van der Waals surface area contributed by atoms with Crippen LogP contribution in [-0.4, -0.2) is 46.3 Å². The molecule has 146 valence electrons. The highest BCUT2D eigenvalue weighted by Crippen LogP contribution is 2.41. The SMILES string of the molecule is COc1ccc([C@H]2CCN(S(C)(=O)=O)CC[C@H]2c2ccc(OC)cc2)cc1. The van der Waals surface area contributed by atoms with Gasteiger partial charge >= 0.3 is 0 Å². The summed E-state index contributed by atoms with van der Waals surface area (Å²) >= 11 is 0. The van der Waals surface area contributed by atoms with Gasteiger partial charge in [0.05, 0.1) is 20.5 Å². The number of hydrogen-bond donors (Lipinski definition) is 0. The molecule has 2 aromatic carbocycles. The van der Waals surface area contributed by atoms with Crippen molar-refractivity contribution in [1.29, 1.82) is 0 Å². The molecule has 2 aromatic rings. The van der Waals surface area contributed by atoms with Gasteiger partial charge < -0.3 is 9.47 Å². The summed E-state index contributed by atoms with van der Waals surface area (Å²) in [4.78, 5) is 0. The van der Waals surface area contributed by atoms with Crippen LogP contribution in [0.25, 0.3) is 0 Å². The predicted molar refractivity (Wildman–Crippen MR) is 107 cm³/mol. The molecule has 0 aliphatic carbocycles. The highest BCUT2D eigenvalue weighted by Gasteiger charge is 2.31. The van der Waals surface area contributed by atoms with Gasteiger partial charge in [-0.05, 0) is 60.1 Å². The molecule has 3 rings (SSSR count). The quantitative estimate of drug-likeness (QED) is 0.784. The van der Waals surface area contributed by atoms with Gasteiger partial charge in [0, 0.05) is 13.1 Å². The summed E-state index contributed by atoms with van der Waals surface area (Å²) in [6.07, 6.45) is 2.87. The molecule has 0 amide bonds. The molecule has 5 nitrogen and oxygen atoms in total. The van der Waals surface area contributed by atoms with Gasteiger partial charge in [0.1, 0.15) is 11.5 Å². The highest BCUT2D eigenvalue weighted by atomic mass is 32.2. The Balaban J connectivity index is 1.95. The molecule has 1 aliphatic rings. The molecule has 1 aliphatic heterocycles. The van der Waals surface area contributed by atoms with Crippen molar-refractivity contribution in [1.82, 2.24) is 4.31 Å². The Labute approximate surface area is 162 Å². The topological polar surface area (TPSA) is 55.8 Å². The summed E-state index contributed by atoms with van der Waals surface area (Å²) in [5.74, 6) is 2.14. The van der Waals surface area contributed by atoms with Crippen molar-refractivity contribution in [3.8, 4) is 11.5 Å². The summed E-state index contributed by atoms with van der Waals surface area (Å²) in [6.45, 7) is 1.09. The van der Waals surface area contributed by atoms with E-state index in [0.717, 1.165) is 24.3 Å². The number of ether oxygens (including phenoxy) is 2. The molecule has 1 fully saturated rings. The van der Waals surface area contributed by atoms with E-state index in [0.29, 0.717) is 13.1 Å². The van der Waals surface area contributed by atoms with Gasteiger partial charge in [0.25, 0.3) is 0 Å². The van der Waals surface area contributed by atoms with Crippen molar-refractivity contribution in [2.45, 2.75) is 24.7 Å². The first kappa shape index (κ1) is 19.7. The Kier molecular flexibility index (Phi) is 6.07. The van der Waals surface area contributed by atoms with E-state index in [4.69, 9.17) is 9.47 Å². The zero-order valence-corrected chi connectivity index (χ0v) is 16.9. The molecule has 6 heteroatoms. The zero-order chi connectivity index (χ0) is 19.4. The second-order valence-electron chi connectivity index (χ2n) is 7.00. The van der Waals surface area contributed by atoms with E-state index >= 15 is 0 Å². The van der Waals surface area contributed by atoms with Crippen LogP contribution in [0.2, 0.25) is 0 Å². The van der Waals surface area contributed by atoms with Gasteiger partial charge in [-0.1, -0.05) is 24.3 Å².